The van der Waals surface area contributed by atoms with E-state index in [1.165, 1.54) is 37.1 Å². The van der Waals surface area contributed by atoms with Crippen LogP contribution in [0.4, 0.5) is 0 Å². The quantitative estimate of drug-likeness (QED) is 0.813. The van der Waals surface area contributed by atoms with E-state index in [-0.39, 0.29) is 5.54 Å². The molecule has 3 nitrogen and oxygen atoms in total. The molecule has 2 saturated carbocycles. The van der Waals surface area contributed by atoms with Crippen LogP contribution in [0.1, 0.15) is 49.4 Å². The molecule has 1 aromatic heterocycles. The highest BCUT2D eigenvalue weighted by atomic mass is 15.3. The number of nitrogens with zero attached hydrogens (tertiary/aromatic N) is 2. The van der Waals surface area contributed by atoms with Crippen molar-refractivity contribution < 1.29 is 0 Å². The first kappa shape index (κ1) is 9.40. The molecule has 0 spiro atoms. The van der Waals surface area contributed by atoms with E-state index in [4.69, 9.17) is 5.73 Å². The first-order valence-electron chi connectivity index (χ1n) is 5.98. The summed E-state index contributed by atoms with van der Waals surface area (Å²) >= 11 is 0. The minimum atomic E-state index is 0.164. The first-order chi connectivity index (χ1) is 7.16. The molecule has 82 valence electrons. The monoisotopic (exact) mass is 205 g/mol. The van der Waals surface area contributed by atoms with Gasteiger partial charge < -0.3 is 5.73 Å². The van der Waals surface area contributed by atoms with Crippen LogP contribution in [0.5, 0.6) is 0 Å². The van der Waals surface area contributed by atoms with Crippen molar-refractivity contribution in [3.63, 3.8) is 0 Å². The van der Waals surface area contributed by atoms with Crippen LogP contribution in [0.2, 0.25) is 0 Å². The second-order valence-corrected chi connectivity index (χ2v) is 5.32. The molecule has 2 aliphatic carbocycles. The van der Waals surface area contributed by atoms with Gasteiger partial charge in [0.15, 0.2) is 0 Å². The third kappa shape index (κ3) is 1.93. The fourth-order valence-electron chi connectivity index (χ4n) is 2.21. The lowest BCUT2D eigenvalue weighted by Crippen LogP contribution is -2.22. The number of rotatable bonds is 4. The molecule has 3 rings (SSSR count). The Morgan fingerprint density at radius 1 is 1.53 bits per heavy atom. The average molecular weight is 205 g/mol. The maximum absolute atomic E-state index is 6.08. The molecule has 0 atom stereocenters. The van der Waals surface area contributed by atoms with Crippen molar-refractivity contribution >= 4 is 0 Å². The Kier molecular flexibility index (Phi) is 1.93. The van der Waals surface area contributed by atoms with Gasteiger partial charge in [-0.2, -0.15) is 5.10 Å². The molecule has 1 aromatic rings. The predicted octanol–water partition coefficient (Wildman–Crippen LogP) is 1.72. The summed E-state index contributed by atoms with van der Waals surface area (Å²) in [6.45, 7) is 0. The van der Waals surface area contributed by atoms with Crippen LogP contribution in [0, 0.1) is 0 Å². The normalized spacial score (nSPS) is 23.1. The van der Waals surface area contributed by atoms with Gasteiger partial charge in [-0.25, -0.2) is 0 Å². The molecule has 2 aliphatic rings. The van der Waals surface area contributed by atoms with Crippen LogP contribution in [0.15, 0.2) is 6.07 Å². The second kappa shape index (κ2) is 3.08. The molecule has 0 saturated heterocycles. The van der Waals surface area contributed by atoms with E-state index in [2.05, 4.69) is 22.9 Å². The van der Waals surface area contributed by atoms with Crippen LogP contribution in [0.25, 0.3) is 0 Å². The Labute approximate surface area is 90.7 Å². The Balaban J connectivity index is 1.66. The molecule has 0 aliphatic heterocycles. The highest BCUT2D eigenvalue weighted by Gasteiger charge is 2.37. The SMILES string of the molecule is Cn1nc(CCC2(N)CC2)cc1C1CC1. The van der Waals surface area contributed by atoms with Crippen molar-refractivity contribution in [3.8, 4) is 0 Å². The van der Waals surface area contributed by atoms with Crippen LogP contribution in [-0.4, -0.2) is 15.3 Å². The zero-order chi connectivity index (χ0) is 10.5. The summed E-state index contributed by atoms with van der Waals surface area (Å²) in [6.07, 6.45) is 7.26. The van der Waals surface area contributed by atoms with Gasteiger partial charge in [-0.05, 0) is 44.6 Å². The van der Waals surface area contributed by atoms with Gasteiger partial charge in [-0.3, -0.25) is 4.68 Å². The van der Waals surface area contributed by atoms with E-state index in [1.54, 1.807) is 0 Å². The predicted molar refractivity (Wildman–Crippen MR) is 59.7 cm³/mol. The molecule has 0 unspecified atom stereocenters. The fraction of sp³-hybridized carbons (Fsp3) is 0.750. The molecule has 0 radical (unpaired) electrons. The number of aryl methyl sites for hydroxylation is 2. The maximum atomic E-state index is 6.08. The van der Waals surface area contributed by atoms with Crippen LogP contribution in [-0.2, 0) is 13.5 Å². The first-order valence-corrected chi connectivity index (χ1v) is 5.98. The third-order valence-corrected chi connectivity index (χ3v) is 3.73. The summed E-state index contributed by atoms with van der Waals surface area (Å²) in [5.74, 6) is 0.795. The number of hydrogen-bond acceptors (Lipinski definition) is 2. The summed E-state index contributed by atoms with van der Waals surface area (Å²) in [6, 6.07) is 2.28. The lowest BCUT2D eigenvalue weighted by Gasteiger charge is -2.04. The molecule has 1 heterocycles. The van der Waals surface area contributed by atoms with E-state index in [0.717, 1.165) is 18.8 Å². The zero-order valence-electron chi connectivity index (χ0n) is 9.37. The number of nitrogens with two attached hydrogens (primary N) is 1. The summed E-state index contributed by atoms with van der Waals surface area (Å²) in [5.41, 5.74) is 8.90. The van der Waals surface area contributed by atoms with Crippen molar-refractivity contribution in [1.82, 2.24) is 9.78 Å². The van der Waals surface area contributed by atoms with E-state index < -0.39 is 0 Å². The molecule has 3 heteroatoms. The fourth-order valence-corrected chi connectivity index (χ4v) is 2.21. The molecule has 2 fully saturated rings. The molecule has 0 aromatic carbocycles. The van der Waals surface area contributed by atoms with Gasteiger partial charge in [0.2, 0.25) is 0 Å². The molecule has 0 amide bonds. The van der Waals surface area contributed by atoms with Gasteiger partial charge >= 0.3 is 0 Å². The molecular weight excluding hydrogens is 186 g/mol. The molecule has 15 heavy (non-hydrogen) atoms. The van der Waals surface area contributed by atoms with Crippen molar-refractivity contribution in [2.45, 2.75) is 50.0 Å². The largest absolute Gasteiger partial charge is 0.325 e. The average Bonchev–Trinajstić information content (AvgIpc) is 3.09. The topological polar surface area (TPSA) is 43.8 Å². The summed E-state index contributed by atoms with van der Waals surface area (Å²) in [5, 5.41) is 4.56. The Morgan fingerprint density at radius 2 is 2.27 bits per heavy atom. The van der Waals surface area contributed by atoms with Crippen LogP contribution in [0.3, 0.4) is 0 Å². The van der Waals surface area contributed by atoms with Crippen LogP contribution >= 0.6 is 0 Å². The number of aromatic nitrogens is 2. The summed E-state index contributed by atoms with van der Waals surface area (Å²) in [7, 11) is 2.06. The molecule has 2 N–H and O–H groups in total. The standard InChI is InChI=1S/C12H19N3/c1-15-11(9-2-3-9)8-10(14-15)4-5-12(13)6-7-12/h8-9H,2-7,13H2,1H3. The van der Waals surface area contributed by atoms with Gasteiger partial charge in [0, 0.05) is 24.2 Å². The maximum Gasteiger partial charge on any atom is 0.0628 e. The molecular formula is C12H19N3. The minimum Gasteiger partial charge on any atom is -0.325 e. The Bertz CT molecular complexity index is 372. The minimum absolute atomic E-state index is 0.164. The highest BCUT2D eigenvalue weighted by molar-refractivity contribution is 5.19. The number of hydrogen-bond donors (Lipinski definition) is 1. The van der Waals surface area contributed by atoms with Gasteiger partial charge in [0.05, 0.1) is 5.69 Å². The third-order valence-electron chi connectivity index (χ3n) is 3.73. The van der Waals surface area contributed by atoms with E-state index >= 15 is 0 Å². The lowest BCUT2D eigenvalue weighted by atomic mass is 10.1. The van der Waals surface area contributed by atoms with Gasteiger partial charge in [0.1, 0.15) is 0 Å². The van der Waals surface area contributed by atoms with Crippen molar-refractivity contribution in [1.29, 1.82) is 0 Å². The van der Waals surface area contributed by atoms with E-state index in [1.807, 2.05) is 0 Å². The van der Waals surface area contributed by atoms with E-state index in [9.17, 15) is 0 Å². The molecule has 0 bridgehead atoms. The Morgan fingerprint density at radius 3 is 2.87 bits per heavy atom. The summed E-state index contributed by atoms with van der Waals surface area (Å²) < 4.78 is 2.06. The zero-order valence-corrected chi connectivity index (χ0v) is 9.37. The highest BCUT2D eigenvalue weighted by Crippen LogP contribution is 2.40. The van der Waals surface area contributed by atoms with E-state index in [0.29, 0.717) is 0 Å². The van der Waals surface area contributed by atoms with Crippen LogP contribution < -0.4 is 5.73 Å². The van der Waals surface area contributed by atoms with Gasteiger partial charge in [-0.1, -0.05) is 0 Å². The Hall–Kier alpha value is -0.830. The summed E-state index contributed by atoms with van der Waals surface area (Å²) in [4.78, 5) is 0. The second-order valence-electron chi connectivity index (χ2n) is 5.32. The van der Waals surface area contributed by atoms with Gasteiger partial charge in [-0.15, -0.1) is 0 Å². The van der Waals surface area contributed by atoms with Crippen molar-refractivity contribution in [2.24, 2.45) is 12.8 Å². The smallest absolute Gasteiger partial charge is 0.0628 e. The van der Waals surface area contributed by atoms with Crippen molar-refractivity contribution in [3.05, 3.63) is 17.5 Å². The van der Waals surface area contributed by atoms with Crippen molar-refractivity contribution in [2.75, 3.05) is 0 Å². The van der Waals surface area contributed by atoms with Gasteiger partial charge in [0.25, 0.3) is 0 Å². The lowest BCUT2D eigenvalue weighted by molar-refractivity contribution is 0.595.